The van der Waals surface area contributed by atoms with Gasteiger partial charge in [0.15, 0.2) is 5.65 Å². The van der Waals surface area contributed by atoms with Crippen LogP contribution in [0.25, 0.3) is 5.65 Å². The van der Waals surface area contributed by atoms with E-state index in [2.05, 4.69) is 12.0 Å². The zero-order valence-electron chi connectivity index (χ0n) is 10.1. The molecular formula is C13H17N3O. The van der Waals surface area contributed by atoms with Gasteiger partial charge in [0.1, 0.15) is 0 Å². The van der Waals surface area contributed by atoms with Crippen molar-refractivity contribution >= 4 is 5.65 Å². The lowest BCUT2D eigenvalue weighted by Gasteiger charge is -2.05. The molecule has 0 radical (unpaired) electrons. The number of aryl methyl sites for hydroxylation is 2. The number of aromatic nitrogens is 3. The molecule has 0 aliphatic heterocycles. The number of hydrogen-bond acceptors (Lipinski definition) is 2. The summed E-state index contributed by atoms with van der Waals surface area (Å²) in [6.45, 7) is 2.08. The lowest BCUT2D eigenvalue weighted by Crippen LogP contribution is -2.22. The molecule has 0 saturated heterocycles. The molecule has 1 aliphatic carbocycles. The van der Waals surface area contributed by atoms with Crippen LogP contribution in [0.2, 0.25) is 0 Å². The van der Waals surface area contributed by atoms with E-state index in [-0.39, 0.29) is 5.56 Å². The molecule has 17 heavy (non-hydrogen) atoms. The van der Waals surface area contributed by atoms with E-state index in [1.54, 1.807) is 4.52 Å². The first-order valence-corrected chi connectivity index (χ1v) is 6.42. The Morgan fingerprint density at radius 2 is 2.18 bits per heavy atom. The van der Waals surface area contributed by atoms with Crippen molar-refractivity contribution in [3.63, 3.8) is 0 Å². The lowest BCUT2D eigenvalue weighted by atomic mass is 10.1. The van der Waals surface area contributed by atoms with Crippen molar-refractivity contribution in [1.29, 1.82) is 0 Å². The van der Waals surface area contributed by atoms with E-state index >= 15 is 0 Å². The number of fused-ring (bicyclic) bond motifs is 2. The van der Waals surface area contributed by atoms with Gasteiger partial charge in [0.05, 0.1) is 5.69 Å². The molecule has 2 aromatic rings. The number of hydrogen-bond donors (Lipinski definition) is 1. The predicted octanol–water partition coefficient (Wildman–Crippen LogP) is 1.85. The van der Waals surface area contributed by atoms with Crippen LogP contribution in [-0.4, -0.2) is 14.6 Å². The van der Waals surface area contributed by atoms with Gasteiger partial charge >= 0.3 is 0 Å². The summed E-state index contributed by atoms with van der Waals surface area (Å²) in [5.41, 5.74) is 3.99. The van der Waals surface area contributed by atoms with Crippen molar-refractivity contribution in [3.8, 4) is 0 Å². The summed E-state index contributed by atoms with van der Waals surface area (Å²) in [4.78, 5) is 17.0. The highest BCUT2D eigenvalue weighted by atomic mass is 16.1. The summed E-state index contributed by atoms with van der Waals surface area (Å²) in [5, 5.41) is 3.02. The zero-order chi connectivity index (χ0) is 11.8. The van der Waals surface area contributed by atoms with Crippen LogP contribution in [-0.2, 0) is 19.3 Å². The first-order chi connectivity index (χ1) is 8.31. The summed E-state index contributed by atoms with van der Waals surface area (Å²) < 4.78 is 1.60. The fraction of sp³-hybridized carbons (Fsp3) is 0.538. The summed E-state index contributed by atoms with van der Waals surface area (Å²) in [7, 11) is 0. The molecule has 3 rings (SSSR count). The van der Waals surface area contributed by atoms with Crippen LogP contribution in [0.1, 0.15) is 43.0 Å². The van der Waals surface area contributed by atoms with Crippen LogP contribution < -0.4 is 5.56 Å². The van der Waals surface area contributed by atoms with Gasteiger partial charge < -0.3 is 0 Å². The maximum atomic E-state index is 12.3. The largest absolute Gasteiger partial charge is 0.297 e. The second-order valence-electron chi connectivity index (χ2n) is 4.71. The molecule has 90 valence electrons. The Bertz CT molecular complexity index is 609. The number of rotatable bonds is 1. The van der Waals surface area contributed by atoms with E-state index in [0.717, 1.165) is 54.6 Å². The molecule has 2 heterocycles. The summed E-state index contributed by atoms with van der Waals surface area (Å²) >= 11 is 0. The van der Waals surface area contributed by atoms with Gasteiger partial charge in [-0.15, -0.1) is 0 Å². The third-order valence-electron chi connectivity index (χ3n) is 3.64. The minimum absolute atomic E-state index is 0.103. The van der Waals surface area contributed by atoms with Crippen molar-refractivity contribution in [2.75, 3.05) is 0 Å². The van der Waals surface area contributed by atoms with E-state index < -0.39 is 0 Å². The first kappa shape index (κ1) is 10.6. The van der Waals surface area contributed by atoms with Gasteiger partial charge in [-0.05, 0) is 32.1 Å². The highest BCUT2D eigenvalue weighted by Crippen LogP contribution is 2.18. The van der Waals surface area contributed by atoms with E-state index in [1.807, 2.05) is 6.20 Å². The molecule has 0 amide bonds. The first-order valence-electron chi connectivity index (χ1n) is 6.42. The van der Waals surface area contributed by atoms with Crippen molar-refractivity contribution in [2.24, 2.45) is 0 Å². The SMILES string of the molecule is CCc1c[nH]n2c(=O)c3c(nc12)CCCCC3. The monoisotopic (exact) mass is 231 g/mol. The highest BCUT2D eigenvalue weighted by Gasteiger charge is 2.17. The van der Waals surface area contributed by atoms with Gasteiger partial charge in [-0.3, -0.25) is 9.89 Å². The van der Waals surface area contributed by atoms with Crippen LogP contribution >= 0.6 is 0 Å². The number of nitrogens with one attached hydrogen (secondary N) is 1. The topological polar surface area (TPSA) is 50.2 Å². The average Bonchev–Trinajstić information content (AvgIpc) is 2.59. The van der Waals surface area contributed by atoms with E-state index in [1.165, 1.54) is 6.42 Å². The molecule has 4 heteroatoms. The minimum Gasteiger partial charge on any atom is -0.297 e. The molecule has 0 spiro atoms. The Hall–Kier alpha value is -1.58. The maximum absolute atomic E-state index is 12.3. The van der Waals surface area contributed by atoms with Gasteiger partial charge in [0, 0.05) is 17.3 Å². The van der Waals surface area contributed by atoms with Gasteiger partial charge in [-0.1, -0.05) is 13.3 Å². The Morgan fingerprint density at radius 1 is 1.35 bits per heavy atom. The number of nitrogens with zero attached hydrogens (tertiary/aromatic N) is 2. The molecule has 0 atom stereocenters. The van der Waals surface area contributed by atoms with E-state index in [9.17, 15) is 4.79 Å². The van der Waals surface area contributed by atoms with E-state index in [0.29, 0.717) is 0 Å². The second kappa shape index (κ2) is 4.02. The van der Waals surface area contributed by atoms with Gasteiger partial charge in [0.2, 0.25) is 0 Å². The summed E-state index contributed by atoms with van der Waals surface area (Å²) in [6, 6.07) is 0. The standard InChI is InChI=1S/C13H17N3O/c1-2-9-8-14-16-12(9)15-11-7-5-3-4-6-10(11)13(16)17/h8,14H,2-7H2,1H3. The van der Waals surface area contributed by atoms with Gasteiger partial charge in [-0.25, -0.2) is 9.50 Å². The van der Waals surface area contributed by atoms with Gasteiger partial charge in [-0.2, -0.15) is 0 Å². The second-order valence-corrected chi connectivity index (χ2v) is 4.71. The van der Waals surface area contributed by atoms with Crippen LogP contribution in [0.3, 0.4) is 0 Å². The number of H-pyrrole nitrogens is 1. The fourth-order valence-corrected chi connectivity index (χ4v) is 2.63. The third kappa shape index (κ3) is 1.59. The lowest BCUT2D eigenvalue weighted by molar-refractivity contribution is 0.708. The molecule has 2 aromatic heterocycles. The summed E-state index contributed by atoms with van der Waals surface area (Å²) in [5.74, 6) is 0. The smallest absolute Gasteiger partial charge is 0.276 e. The Balaban J connectivity index is 2.31. The summed E-state index contributed by atoms with van der Waals surface area (Å²) in [6.07, 6.45) is 8.09. The van der Waals surface area contributed by atoms with Crippen molar-refractivity contribution in [1.82, 2.24) is 14.6 Å². The van der Waals surface area contributed by atoms with Crippen molar-refractivity contribution in [2.45, 2.75) is 45.4 Å². The zero-order valence-corrected chi connectivity index (χ0v) is 10.1. The molecule has 4 nitrogen and oxygen atoms in total. The predicted molar refractivity (Wildman–Crippen MR) is 66.4 cm³/mol. The van der Waals surface area contributed by atoms with Crippen LogP contribution in [0.4, 0.5) is 0 Å². The van der Waals surface area contributed by atoms with Crippen molar-refractivity contribution in [3.05, 3.63) is 33.4 Å². The Kier molecular flexibility index (Phi) is 2.50. The Labute approximate surface area is 99.7 Å². The molecule has 0 unspecified atom stereocenters. The molecule has 0 aromatic carbocycles. The molecular weight excluding hydrogens is 214 g/mol. The fourth-order valence-electron chi connectivity index (χ4n) is 2.63. The normalized spacial score (nSPS) is 15.8. The van der Waals surface area contributed by atoms with E-state index in [4.69, 9.17) is 4.98 Å². The molecule has 0 bridgehead atoms. The molecule has 0 fully saturated rings. The number of aromatic amines is 1. The van der Waals surface area contributed by atoms with Crippen LogP contribution in [0.15, 0.2) is 11.0 Å². The van der Waals surface area contributed by atoms with Crippen molar-refractivity contribution < 1.29 is 0 Å². The highest BCUT2D eigenvalue weighted by molar-refractivity contribution is 5.48. The average molecular weight is 231 g/mol. The molecule has 0 saturated carbocycles. The molecule has 1 N–H and O–H groups in total. The quantitative estimate of drug-likeness (QED) is 0.761. The Morgan fingerprint density at radius 3 is 3.00 bits per heavy atom. The third-order valence-corrected chi connectivity index (χ3v) is 3.64. The minimum atomic E-state index is 0.103. The van der Waals surface area contributed by atoms with Crippen LogP contribution in [0, 0.1) is 0 Å². The maximum Gasteiger partial charge on any atom is 0.276 e. The molecule has 1 aliphatic rings. The van der Waals surface area contributed by atoms with Gasteiger partial charge in [0.25, 0.3) is 5.56 Å². The van der Waals surface area contributed by atoms with Crippen LogP contribution in [0.5, 0.6) is 0 Å².